The first-order chi connectivity index (χ1) is 22.6. The molecule has 0 saturated carbocycles. The van der Waals surface area contributed by atoms with Gasteiger partial charge in [0.1, 0.15) is 18.1 Å². The van der Waals surface area contributed by atoms with E-state index >= 15 is 0 Å². The highest BCUT2D eigenvalue weighted by Crippen LogP contribution is 2.11. The third-order valence-corrected chi connectivity index (χ3v) is 7.46. The van der Waals surface area contributed by atoms with Gasteiger partial charge in [0.25, 0.3) is 5.91 Å². The highest BCUT2D eigenvalue weighted by Gasteiger charge is 2.30. The van der Waals surface area contributed by atoms with Crippen LogP contribution in [0.1, 0.15) is 47.6 Å². The van der Waals surface area contributed by atoms with Crippen LogP contribution in [0.15, 0.2) is 71.3 Å². The summed E-state index contributed by atoms with van der Waals surface area (Å²) in [5, 5.41) is 17.3. The molecule has 0 unspecified atom stereocenters. The molecule has 14 heteroatoms. The normalized spacial score (nSPS) is 19.7. The van der Waals surface area contributed by atoms with Crippen LogP contribution in [0.5, 0.6) is 0 Å². The van der Waals surface area contributed by atoms with Crippen molar-refractivity contribution in [3.63, 3.8) is 0 Å². The van der Waals surface area contributed by atoms with Crippen molar-refractivity contribution in [1.29, 1.82) is 0 Å². The van der Waals surface area contributed by atoms with Gasteiger partial charge in [-0.05, 0) is 18.1 Å². The lowest BCUT2D eigenvalue weighted by Gasteiger charge is -2.26. The van der Waals surface area contributed by atoms with Gasteiger partial charge in [0.05, 0.1) is 6.54 Å². The molecule has 3 atom stereocenters. The first-order valence-corrected chi connectivity index (χ1v) is 15.3. The summed E-state index contributed by atoms with van der Waals surface area (Å²) in [5.41, 5.74) is 1.46. The van der Waals surface area contributed by atoms with Gasteiger partial charge in [-0.15, -0.1) is 0 Å². The molecule has 47 heavy (non-hydrogen) atoms. The molecule has 0 aliphatic carbocycles. The molecule has 1 aliphatic rings. The summed E-state index contributed by atoms with van der Waals surface area (Å²) < 4.78 is 5.32. The molecular formula is C33H39N7O7. The van der Waals surface area contributed by atoms with Gasteiger partial charge >= 0.3 is 0 Å². The molecule has 2 aromatic carbocycles. The minimum atomic E-state index is -1.08. The molecule has 6 amide bonds. The van der Waals surface area contributed by atoms with Gasteiger partial charge in [-0.3, -0.25) is 28.8 Å². The lowest BCUT2D eigenvalue weighted by atomic mass is 10.0. The quantitative estimate of drug-likeness (QED) is 0.241. The minimum absolute atomic E-state index is 0.0167. The molecule has 4 rings (SSSR count). The second kappa shape index (κ2) is 16.7. The Morgan fingerprint density at radius 3 is 2.09 bits per heavy atom. The topological polar surface area (TPSA) is 192 Å². The molecule has 0 radical (unpaired) electrons. The number of hydrogen-bond donors (Lipinski definition) is 5. The summed E-state index contributed by atoms with van der Waals surface area (Å²) in [6, 6.07) is 16.4. The van der Waals surface area contributed by atoms with Crippen LogP contribution >= 0.6 is 0 Å². The van der Waals surface area contributed by atoms with Crippen LogP contribution in [0, 0.1) is 0 Å². The fraction of sp³-hybridized carbons (Fsp3) is 0.364. The number of aromatic nitrogens is 1. The van der Waals surface area contributed by atoms with Crippen LogP contribution in [0.2, 0.25) is 0 Å². The summed E-state index contributed by atoms with van der Waals surface area (Å²) >= 11 is 0. The van der Waals surface area contributed by atoms with Gasteiger partial charge in [-0.2, -0.15) is 0 Å². The Balaban J connectivity index is 1.62. The van der Waals surface area contributed by atoms with Gasteiger partial charge in [0, 0.05) is 51.9 Å². The molecule has 1 aliphatic heterocycles. The SMILES string of the molecule is CC(=O)NCCC(=O)N1CCNC(=O)[C@@H](Cc2ccccc2)NC(=O)[C@H](Cc2ccccc2)NC(=O)[C@H](C)NC(=O)c2cc(on2)C1. The third-order valence-electron chi connectivity index (χ3n) is 7.46. The fourth-order valence-corrected chi connectivity index (χ4v) is 4.94. The second-order valence-electron chi connectivity index (χ2n) is 11.2. The molecule has 1 aromatic heterocycles. The Hall–Kier alpha value is -5.53. The maximum Gasteiger partial charge on any atom is 0.274 e. The maximum absolute atomic E-state index is 13.7. The minimum Gasteiger partial charge on any atom is -0.359 e. The Morgan fingerprint density at radius 2 is 1.47 bits per heavy atom. The number of rotatable bonds is 7. The lowest BCUT2D eigenvalue weighted by Crippen LogP contribution is -2.57. The first kappa shape index (κ1) is 34.3. The van der Waals surface area contributed by atoms with E-state index in [0.29, 0.717) is 0 Å². The zero-order valence-electron chi connectivity index (χ0n) is 26.3. The number of benzene rings is 2. The maximum atomic E-state index is 13.7. The highest BCUT2D eigenvalue weighted by atomic mass is 16.5. The van der Waals surface area contributed by atoms with Crippen molar-refractivity contribution in [1.82, 2.24) is 36.6 Å². The van der Waals surface area contributed by atoms with Gasteiger partial charge < -0.3 is 36.0 Å². The lowest BCUT2D eigenvalue weighted by molar-refractivity contribution is -0.133. The Labute approximate surface area is 272 Å². The van der Waals surface area contributed by atoms with Crippen molar-refractivity contribution >= 4 is 35.4 Å². The molecule has 0 fully saturated rings. The van der Waals surface area contributed by atoms with Crippen LogP contribution in [0.3, 0.4) is 0 Å². The molecular weight excluding hydrogens is 606 g/mol. The molecule has 0 spiro atoms. The zero-order chi connectivity index (χ0) is 33.8. The van der Waals surface area contributed by atoms with Gasteiger partial charge in [-0.25, -0.2) is 0 Å². The largest absolute Gasteiger partial charge is 0.359 e. The van der Waals surface area contributed by atoms with E-state index in [2.05, 4.69) is 31.7 Å². The Kier molecular flexibility index (Phi) is 12.2. The van der Waals surface area contributed by atoms with Crippen molar-refractivity contribution in [3.8, 4) is 0 Å². The number of amides is 6. The molecule has 5 N–H and O–H groups in total. The van der Waals surface area contributed by atoms with Crippen molar-refractivity contribution in [3.05, 3.63) is 89.3 Å². The predicted molar refractivity (Wildman–Crippen MR) is 169 cm³/mol. The summed E-state index contributed by atoms with van der Waals surface area (Å²) in [6.45, 7) is 2.92. The van der Waals surface area contributed by atoms with Crippen LogP contribution in [-0.2, 0) is 43.4 Å². The van der Waals surface area contributed by atoms with E-state index in [0.717, 1.165) is 11.1 Å². The van der Waals surface area contributed by atoms with Crippen LogP contribution < -0.4 is 26.6 Å². The number of hydrogen-bond acceptors (Lipinski definition) is 8. The molecule has 14 nitrogen and oxygen atoms in total. The van der Waals surface area contributed by atoms with E-state index in [-0.39, 0.29) is 68.7 Å². The average molecular weight is 646 g/mol. The van der Waals surface area contributed by atoms with Crippen molar-refractivity contribution in [2.75, 3.05) is 19.6 Å². The molecule has 2 bridgehead atoms. The van der Waals surface area contributed by atoms with Gasteiger partial charge in [0.15, 0.2) is 11.5 Å². The van der Waals surface area contributed by atoms with E-state index < -0.39 is 41.8 Å². The van der Waals surface area contributed by atoms with E-state index in [1.807, 2.05) is 60.7 Å². The highest BCUT2D eigenvalue weighted by molar-refractivity contribution is 5.97. The van der Waals surface area contributed by atoms with E-state index in [1.54, 1.807) is 0 Å². The number of carbonyl (C=O) groups excluding carboxylic acids is 6. The Morgan fingerprint density at radius 1 is 0.872 bits per heavy atom. The summed E-state index contributed by atoms with van der Waals surface area (Å²) in [6.07, 6.45) is 0.273. The van der Waals surface area contributed by atoms with E-state index in [1.165, 1.54) is 24.8 Å². The van der Waals surface area contributed by atoms with Crippen LogP contribution in [0.25, 0.3) is 0 Å². The summed E-state index contributed by atoms with van der Waals surface area (Å²) in [7, 11) is 0. The summed E-state index contributed by atoms with van der Waals surface area (Å²) in [4.78, 5) is 79.3. The van der Waals surface area contributed by atoms with E-state index in [9.17, 15) is 28.8 Å². The van der Waals surface area contributed by atoms with Crippen molar-refractivity contribution < 1.29 is 33.3 Å². The third kappa shape index (κ3) is 10.5. The monoisotopic (exact) mass is 645 g/mol. The van der Waals surface area contributed by atoms with E-state index in [4.69, 9.17) is 4.52 Å². The van der Waals surface area contributed by atoms with Crippen molar-refractivity contribution in [2.45, 2.75) is 57.8 Å². The first-order valence-electron chi connectivity index (χ1n) is 15.3. The molecule has 3 aromatic rings. The van der Waals surface area contributed by atoms with Crippen molar-refractivity contribution in [2.24, 2.45) is 0 Å². The number of carbonyl (C=O) groups is 6. The molecule has 2 heterocycles. The Bertz CT molecular complexity index is 1560. The molecule has 248 valence electrons. The number of nitrogens with zero attached hydrogens (tertiary/aromatic N) is 2. The van der Waals surface area contributed by atoms with Crippen LogP contribution in [0.4, 0.5) is 0 Å². The summed E-state index contributed by atoms with van der Waals surface area (Å²) in [5.74, 6) is -2.81. The second-order valence-corrected chi connectivity index (χ2v) is 11.2. The molecule has 0 saturated heterocycles. The fourth-order valence-electron chi connectivity index (χ4n) is 4.94. The zero-order valence-corrected chi connectivity index (χ0v) is 26.3. The van der Waals surface area contributed by atoms with Gasteiger partial charge in [-0.1, -0.05) is 65.8 Å². The smallest absolute Gasteiger partial charge is 0.274 e. The number of fused-ring (bicyclic) bond motifs is 2. The average Bonchev–Trinajstić information content (AvgIpc) is 3.52. The predicted octanol–water partition coefficient (Wildman–Crippen LogP) is 0.233. The number of nitrogens with one attached hydrogen (secondary N) is 5. The standard InChI is InChI=1S/C33H39N7O7/c1-21-30(43)37-27(18-24-11-7-4-8-12-24)32(45)38-26(17-23-9-5-3-6-10-23)31(44)35-15-16-40(29(42)13-14-34-22(2)41)20-25-19-28(39-47-25)33(46)36-21/h3-12,19,21,26-27H,13-18,20H2,1-2H3,(H,34,41)(H,35,44)(H,36,46)(H,37,43)(H,38,45)/t21-,26+,27-/m0/s1. The van der Waals surface area contributed by atoms with Gasteiger partial charge in [0.2, 0.25) is 29.5 Å². The van der Waals surface area contributed by atoms with Crippen LogP contribution in [-0.4, -0.2) is 83.3 Å².